The molecule has 2 rings (SSSR count). The molecule has 0 aromatic heterocycles. The lowest BCUT2D eigenvalue weighted by Crippen LogP contribution is -2.62. The summed E-state index contributed by atoms with van der Waals surface area (Å²) in [6.45, 7) is 4.91. The van der Waals surface area contributed by atoms with E-state index in [0.717, 1.165) is 0 Å². The van der Waals surface area contributed by atoms with E-state index in [2.05, 4.69) is 15.8 Å². The highest BCUT2D eigenvalue weighted by atomic mass is 15.5. The topological polar surface area (TPSA) is 27.3 Å². The number of hydrogen-bond acceptors (Lipinski definition) is 3. The van der Waals surface area contributed by atoms with Gasteiger partial charge in [0.15, 0.2) is 0 Å². The van der Waals surface area contributed by atoms with Gasteiger partial charge < -0.3 is 5.32 Å². The molecule has 0 amide bonds. The molecule has 2 fully saturated rings. The molecule has 0 aliphatic carbocycles. The Morgan fingerprint density at radius 3 is 2.82 bits per heavy atom. The van der Waals surface area contributed by atoms with Gasteiger partial charge in [0.05, 0.1) is 0 Å². The quantitative estimate of drug-likeness (QED) is 0.549. The van der Waals surface area contributed by atoms with Crippen LogP contribution in [0.15, 0.2) is 0 Å². The summed E-state index contributed by atoms with van der Waals surface area (Å²) < 4.78 is 0. The van der Waals surface area contributed by atoms with Crippen molar-refractivity contribution in [2.24, 2.45) is 5.41 Å². The van der Waals surface area contributed by atoms with Crippen molar-refractivity contribution in [2.45, 2.75) is 12.8 Å². The second-order valence-corrected chi connectivity index (χ2v) is 3.85. The van der Waals surface area contributed by atoms with Crippen LogP contribution in [0.3, 0.4) is 0 Å². The highest BCUT2D eigenvalue weighted by Gasteiger charge is 2.40. The van der Waals surface area contributed by atoms with Gasteiger partial charge in [0.1, 0.15) is 0 Å². The molecule has 1 spiro atoms. The molecule has 0 saturated carbocycles. The lowest BCUT2D eigenvalue weighted by atomic mass is 9.75. The number of hydrazine groups is 1. The lowest BCUT2D eigenvalue weighted by molar-refractivity contribution is 0.0185. The predicted octanol–water partition coefficient (Wildman–Crippen LogP) is -0.194. The first kappa shape index (κ1) is 7.53. The van der Waals surface area contributed by atoms with Crippen LogP contribution in [0.4, 0.5) is 0 Å². The van der Waals surface area contributed by atoms with Gasteiger partial charge in [-0.1, -0.05) is 0 Å². The molecule has 2 aliphatic rings. The van der Waals surface area contributed by atoms with Crippen molar-refractivity contribution >= 4 is 0 Å². The van der Waals surface area contributed by atoms with Crippen LogP contribution in [-0.2, 0) is 0 Å². The van der Waals surface area contributed by atoms with Crippen LogP contribution in [0, 0.1) is 5.41 Å². The van der Waals surface area contributed by atoms with Gasteiger partial charge >= 0.3 is 0 Å². The highest BCUT2D eigenvalue weighted by molar-refractivity contribution is 4.96. The summed E-state index contributed by atoms with van der Waals surface area (Å²) in [5.41, 5.74) is 3.86. The zero-order valence-electron chi connectivity index (χ0n) is 7.19. The van der Waals surface area contributed by atoms with E-state index in [1.807, 2.05) is 7.05 Å². The van der Waals surface area contributed by atoms with E-state index in [1.54, 1.807) is 0 Å². The van der Waals surface area contributed by atoms with Crippen molar-refractivity contribution in [1.29, 1.82) is 0 Å². The van der Waals surface area contributed by atoms with Crippen molar-refractivity contribution < 1.29 is 0 Å². The fraction of sp³-hybridized carbons (Fsp3) is 1.00. The predicted molar refractivity (Wildman–Crippen MR) is 45.2 cm³/mol. The Labute approximate surface area is 68.1 Å². The molecule has 0 unspecified atom stereocenters. The second kappa shape index (κ2) is 2.73. The van der Waals surface area contributed by atoms with Crippen LogP contribution in [0.2, 0.25) is 0 Å². The zero-order valence-corrected chi connectivity index (χ0v) is 7.19. The molecule has 2 N–H and O–H groups in total. The Kier molecular flexibility index (Phi) is 1.87. The van der Waals surface area contributed by atoms with Crippen LogP contribution in [0.25, 0.3) is 0 Å². The third kappa shape index (κ3) is 1.28. The Bertz CT molecular complexity index is 142. The second-order valence-electron chi connectivity index (χ2n) is 3.85. The van der Waals surface area contributed by atoms with Crippen LogP contribution >= 0.6 is 0 Å². The normalized spacial score (nSPS) is 30.3. The van der Waals surface area contributed by atoms with Gasteiger partial charge in [-0.15, -0.1) is 0 Å². The van der Waals surface area contributed by atoms with Gasteiger partial charge in [-0.2, -0.15) is 0 Å². The van der Waals surface area contributed by atoms with Crippen LogP contribution in [-0.4, -0.2) is 38.2 Å². The number of piperidine rings is 1. The first-order valence-corrected chi connectivity index (χ1v) is 4.48. The maximum absolute atomic E-state index is 3.36. The molecule has 2 heterocycles. The summed E-state index contributed by atoms with van der Waals surface area (Å²) in [6.07, 6.45) is 2.76. The van der Waals surface area contributed by atoms with Crippen molar-refractivity contribution in [2.75, 3.05) is 33.2 Å². The number of hydrogen-bond donors (Lipinski definition) is 2. The maximum atomic E-state index is 3.36. The van der Waals surface area contributed by atoms with Gasteiger partial charge in [-0.25, -0.2) is 5.01 Å². The summed E-state index contributed by atoms with van der Waals surface area (Å²) in [7, 11) is 2.02. The maximum Gasteiger partial charge on any atom is 0.0211 e. The standard InChI is InChI=1S/C8H17N3/c1-9-11-4-2-3-8(7-11)5-10-6-8/h9-10H,2-7H2,1H3. The zero-order chi connectivity index (χ0) is 7.73. The molecule has 0 aromatic rings. The van der Waals surface area contributed by atoms with Gasteiger partial charge in [0.25, 0.3) is 0 Å². The van der Waals surface area contributed by atoms with Crippen LogP contribution in [0.5, 0.6) is 0 Å². The minimum Gasteiger partial charge on any atom is -0.315 e. The minimum absolute atomic E-state index is 0.626. The van der Waals surface area contributed by atoms with Crippen LogP contribution < -0.4 is 10.7 Å². The number of rotatable bonds is 1. The van der Waals surface area contributed by atoms with Gasteiger partial charge in [0, 0.05) is 31.6 Å². The SMILES string of the molecule is CNN1CCCC2(CNC2)C1. The largest absolute Gasteiger partial charge is 0.315 e. The van der Waals surface area contributed by atoms with E-state index in [1.165, 1.54) is 39.0 Å². The Morgan fingerprint density at radius 1 is 1.45 bits per heavy atom. The lowest BCUT2D eigenvalue weighted by Gasteiger charge is -2.49. The Balaban J connectivity index is 1.92. The minimum atomic E-state index is 0.626. The summed E-state index contributed by atoms with van der Waals surface area (Å²) in [5, 5.41) is 5.70. The monoisotopic (exact) mass is 155 g/mol. The fourth-order valence-electron chi connectivity index (χ4n) is 2.17. The van der Waals surface area contributed by atoms with E-state index in [0.29, 0.717) is 5.41 Å². The third-order valence-corrected chi connectivity index (χ3v) is 2.98. The number of nitrogens with zero attached hydrogens (tertiary/aromatic N) is 1. The van der Waals surface area contributed by atoms with Gasteiger partial charge in [-0.05, 0) is 19.9 Å². The first-order chi connectivity index (χ1) is 5.35. The average molecular weight is 155 g/mol. The van der Waals surface area contributed by atoms with Gasteiger partial charge in [0.2, 0.25) is 0 Å². The third-order valence-electron chi connectivity index (χ3n) is 2.98. The molecule has 0 bridgehead atoms. The molecule has 0 atom stereocenters. The Hall–Kier alpha value is -0.120. The van der Waals surface area contributed by atoms with E-state index >= 15 is 0 Å². The molecule has 3 nitrogen and oxygen atoms in total. The molecular formula is C8H17N3. The Morgan fingerprint density at radius 2 is 2.27 bits per heavy atom. The summed E-state index contributed by atoms with van der Waals surface area (Å²) in [5.74, 6) is 0. The molecule has 0 radical (unpaired) electrons. The van der Waals surface area contributed by atoms with E-state index in [4.69, 9.17) is 0 Å². The molecule has 2 saturated heterocycles. The molecule has 0 aromatic carbocycles. The van der Waals surface area contributed by atoms with E-state index < -0.39 is 0 Å². The highest BCUT2D eigenvalue weighted by Crippen LogP contribution is 2.32. The number of nitrogens with one attached hydrogen (secondary N) is 2. The molecule has 3 heteroatoms. The molecule has 11 heavy (non-hydrogen) atoms. The first-order valence-electron chi connectivity index (χ1n) is 4.48. The molecular weight excluding hydrogens is 138 g/mol. The van der Waals surface area contributed by atoms with E-state index in [9.17, 15) is 0 Å². The van der Waals surface area contributed by atoms with Crippen molar-refractivity contribution in [3.8, 4) is 0 Å². The van der Waals surface area contributed by atoms with Crippen molar-refractivity contribution in [3.05, 3.63) is 0 Å². The van der Waals surface area contributed by atoms with Gasteiger partial charge in [-0.3, -0.25) is 5.43 Å². The molecule has 64 valence electrons. The summed E-state index contributed by atoms with van der Waals surface area (Å²) in [6, 6.07) is 0. The smallest absolute Gasteiger partial charge is 0.0211 e. The average Bonchev–Trinajstić information content (AvgIpc) is 2.02. The summed E-state index contributed by atoms with van der Waals surface area (Å²) in [4.78, 5) is 0. The fourth-order valence-corrected chi connectivity index (χ4v) is 2.17. The van der Waals surface area contributed by atoms with Crippen molar-refractivity contribution in [1.82, 2.24) is 15.8 Å². The van der Waals surface area contributed by atoms with Crippen molar-refractivity contribution in [3.63, 3.8) is 0 Å². The molecule has 2 aliphatic heterocycles. The van der Waals surface area contributed by atoms with E-state index in [-0.39, 0.29) is 0 Å². The summed E-state index contributed by atoms with van der Waals surface area (Å²) >= 11 is 0. The van der Waals surface area contributed by atoms with Crippen LogP contribution in [0.1, 0.15) is 12.8 Å².